The lowest BCUT2D eigenvalue weighted by Crippen LogP contribution is -2.12. The first-order valence-corrected chi connectivity index (χ1v) is 9.64. The van der Waals surface area contributed by atoms with E-state index in [1.807, 2.05) is 0 Å². The SMILES string of the molecule is CCOC(=O)/C(C#N)=C/Nc1ccc(S(=O)(=O)Nc2ccc(Cl)cc2)cc1. The number of nitriles is 1. The maximum atomic E-state index is 12.4. The van der Waals surface area contributed by atoms with Crippen LogP contribution >= 0.6 is 11.6 Å². The van der Waals surface area contributed by atoms with Crippen molar-refractivity contribution in [2.24, 2.45) is 0 Å². The molecule has 0 unspecified atom stereocenters. The van der Waals surface area contributed by atoms with Crippen molar-refractivity contribution in [3.63, 3.8) is 0 Å². The summed E-state index contributed by atoms with van der Waals surface area (Å²) in [6, 6.07) is 13.8. The second-order valence-electron chi connectivity index (χ2n) is 5.17. The minimum Gasteiger partial charge on any atom is -0.462 e. The van der Waals surface area contributed by atoms with Crippen LogP contribution in [0.3, 0.4) is 0 Å². The van der Waals surface area contributed by atoms with E-state index in [-0.39, 0.29) is 17.1 Å². The van der Waals surface area contributed by atoms with Gasteiger partial charge in [-0.2, -0.15) is 5.26 Å². The molecule has 0 radical (unpaired) electrons. The van der Waals surface area contributed by atoms with E-state index in [9.17, 15) is 13.2 Å². The van der Waals surface area contributed by atoms with Crippen LogP contribution in [0.15, 0.2) is 65.2 Å². The fraction of sp³-hybridized carbons (Fsp3) is 0.111. The second kappa shape index (κ2) is 9.07. The lowest BCUT2D eigenvalue weighted by Gasteiger charge is -2.09. The summed E-state index contributed by atoms with van der Waals surface area (Å²) in [5.74, 6) is -0.737. The van der Waals surface area contributed by atoms with Crippen molar-refractivity contribution in [3.05, 3.63) is 65.3 Å². The number of carbonyl (C=O) groups is 1. The number of halogens is 1. The van der Waals surface area contributed by atoms with Gasteiger partial charge in [0.15, 0.2) is 5.57 Å². The topological polar surface area (TPSA) is 108 Å². The van der Waals surface area contributed by atoms with Gasteiger partial charge in [-0.05, 0) is 55.5 Å². The third-order valence-electron chi connectivity index (χ3n) is 3.26. The Morgan fingerprint density at radius 2 is 1.74 bits per heavy atom. The van der Waals surface area contributed by atoms with Crippen molar-refractivity contribution in [1.29, 1.82) is 5.26 Å². The van der Waals surface area contributed by atoms with Crippen molar-refractivity contribution in [2.45, 2.75) is 11.8 Å². The van der Waals surface area contributed by atoms with Gasteiger partial charge in [0.2, 0.25) is 0 Å². The van der Waals surface area contributed by atoms with Crippen molar-refractivity contribution < 1.29 is 17.9 Å². The number of nitrogens with zero attached hydrogens (tertiary/aromatic N) is 1. The summed E-state index contributed by atoms with van der Waals surface area (Å²) < 4.78 is 32.0. The summed E-state index contributed by atoms with van der Waals surface area (Å²) in [5, 5.41) is 12.2. The zero-order valence-corrected chi connectivity index (χ0v) is 15.8. The zero-order valence-electron chi connectivity index (χ0n) is 14.3. The molecule has 2 aromatic rings. The van der Waals surface area contributed by atoms with Crippen LogP contribution in [0.5, 0.6) is 0 Å². The fourth-order valence-corrected chi connectivity index (χ4v) is 3.15. The summed E-state index contributed by atoms with van der Waals surface area (Å²) >= 11 is 5.78. The average molecular weight is 406 g/mol. The van der Waals surface area contributed by atoms with E-state index in [4.69, 9.17) is 21.6 Å². The number of sulfonamides is 1. The molecule has 0 heterocycles. The molecule has 0 saturated carbocycles. The van der Waals surface area contributed by atoms with Crippen LogP contribution in [0.4, 0.5) is 11.4 Å². The summed E-state index contributed by atoms with van der Waals surface area (Å²) in [5.41, 5.74) is 0.688. The van der Waals surface area contributed by atoms with Crippen LogP contribution in [0.25, 0.3) is 0 Å². The smallest absolute Gasteiger partial charge is 0.350 e. The number of rotatable bonds is 7. The molecule has 0 aliphatic heterocycles. The number of hydrogen-bond acceptors (Lipinski definition) is 6. The van der Waals surface area contributed by atoms with Crippen molar-refractivity contribution in [2.75, 3.05) is 16.6 Å². The highest BCUT2D eigenvalue weighted by Crippen LogP contribution is 2.20. The normalized spacial score (nSPS) is 11.4. The molecule has 0 aliphatic rings. The molecule has 0 spiro atoms. The number of nitrogens with one attached hydrogen (secondary N) is 2. The lowest BCUT2D eigenvalue weighted by molar-refractivity contribution is -0.138. The summed E-state index contributed by atoms with van der Waals surface area (Å²) in [6.07, 6.45) is 1.20. The van der Waals surface area contributed by atoms with Gasteiger partial charge in [-0.3, -0.25) is 4.72 Å². The maximum Gasteiger partial charge on any atom is 0.350 e. The summed E-state index contributed by atoms with van der Waals surface area (Å²) in [7, 11) is -3.76. The Hall–Kier alpha value is -3.02. The number of hydrogen-bond donors (Lipinski definition) is 2. The van der Waals surface area contributed by atoms with E-state index in [1.54, 1.807) is 37.3 Å². The molecule has 0 bridgehead atoms. The highest BCUT2D eigenvalue weighted by atomic mass is 35.5. The average Bonchev–Trinajstić information content (AvgIpc) is 2.64. The van der Waals surface area contributed by atoms with E-state index in [1.165, 1.54) is 30.5 Å². The molecule has 0 aromatic heterocycles. The Morgan fingerprint density at radius 3 is 2.30 bits per heavy atom. The molecule has 2 N–H and O–H groups in total. The van der Waals surface area contributed by atoms with E-state index in [0.717, 1.165) is 0 Å². The number of carbonyl (C=O) groups excluding carboxylic acids is 1. The number of benzene rings is 2. The van der Waals surface area contributed by atoms with Crippen molar-refractivity contribution in [3.8, 4) is 6.07 Å². The van der Waals surface area contributed by atoms with Crippen LogP contribution in [-0.4, -0.2) is 21.0 Å². The lowest BCUT2D eigenvalue weighted by atomic mass is 10.3. The molecule has 27 heavy (non-hydrogen) atoms. The summed E-state index contributed by atoms with van der Waals surface area (Å²) in [6.45, 7) is 1.79. The van der Waals surface area contributed by atoms with Gasteiger partial charge in [-0.15, -0.1) is 0 Å². The van der Waals surface area contributed by atoms with Crippen LogP contribution in [-0.2, 0) is 19.6 Å². The molecular formula is C18H16ClN3O4S. The Labute approximate surface area is 162 Å². The van der Waals surface area contributed by atoms with E-state index in [0.29, 0.717) is 16.4 Å². The Balaban J connectivity index is 2.11. The fourth-order valence-electron chi connectivity index (χ4n) is 1.96. The van der Waals surface area contributed by atoms with Crippen LogP contribution in [0.1, 0.15) is 6.92 Å². The van der Waals surface area contributed by atoms with Gasteiger partial charge in [-0.1, -0.05) is 11.6 Å². The van der Waals surface area contributed by atoms with E-state index >= 15 is 0 Å². The Kier molecular flexibility index (Phi) is 6.82. The van der Waals surface area contributed by atoms with Crippen LogP contribution < -0.4 is 10.0 Å². The number of ether oxygens (including phenoxy) is 1. The molecule has 0 fully saturated rings. The first kappa shape index (κ1) is 20.3. The van der Waals surface area contributed by atoms with Gasteiger partial charge < -0.3 is 10.1 Å². The Bertz CT molecular complexity index is 979. The van der Waals surface area contributed by atoms with Crippen molar-refractivity contribution >= 4 is 39.0 Å². The Morgan fingerprint density at radius 1 is 1.15 bits per heavy atom. The maximum absolute atomic E-state index is 12.4. The standard InChI is InChI=1S/C18H16ClN3O4S/c1-2-26-18(23)13(11-20)12-21-15-7-9-17(10-8-15)27(24,25)22-16-5-3-14(19)4-6-16/h3-10,12,21-22H,2H2,1H3/b13-12+. The minimum absolute atomic E-state index is 0.0536. The van der Waals surface area contributed by atoms with Gasteiger partial charge in [-0.25, -0.2) is 13.2 Å². The molecule has 9 heteroatoms. The quantitative estimate of drug-likeness (QED) is 0.414. The first-order valence-electron chi connectivity index (χ1n) is 7.78. The monoisotopic (exact) mass is 405 g/mol. The predicted octanol–water partition coefficient (Wildman–Crippen LogP) is 3.52. The third-order valence-corrected chi connectivity index (χ3v) is 4.91. The van der Waals surface area contributed by atoms with Crippen LogP contribution in [0.2, 0.25) is 5.02 Å². The van der Waals surface area contributed by atoms with Gasteiger partial charge in [0.1, 0.15) is 6.07 Å². The van der Waals surface area contributed by atoms with E-state index in [2.05, 4.69) is 10.0 Å². The molecule has 7 nitrogen and oxygen atoms in total. The number of anilines is 2. The van der Waals surface area contributed by atoms with Gasteiger partial charge in [0.05, 0.1) is 11.5 Å². The van der Waals surface area contributed by atoms with Crippen molar-refractivity contribution in [1.82, 2.24) is 0 Å². The summed E-state index contributed by atoms with van der Waals surface area (Å²) in [4.78, 5) is 11.6. The van der Waals surface area contributed by atoms with E-state index < -0.39 is 16.0 Å². The first-order chi connectivity index (χ1) is 12.9. The molecular weight excluding hydrogens is 390 g/mol. The molecule has 140 valence electrons. The largest absolute Gasteiger partial charge is 0.462 e. The molecule has 2 rings (SSSR count). The van der Waals surface area contributed by atoms with Gasteiger partial charge in [0, 0.05) is 22.6 Å². The van der Waals surface area contributed by atoms with Gasteiger partial charge >= 0.3 is 5.97 Å². The molecule has 0 amide bonds. The minimum atomic E-state index is -3.76. The third kappa shape index (κ3) is 5.74. The second-order valence-corrected chi connectivity index (χ2v) is 7.29. The number of esters is 1. The predicted molar refractivity (Wildman–Crippen MR) is 103 cm³/mol. The highest BCUT2D eigenvalue weighted by molar-refractivity contribution is 7.92. The molecule has 0 atom stereocenters. The highest BCUT2D eigenvalue weighted by Gasteiger charge is 2.14. The zero-order chi connectivity index (χ0) is 19.9. The molecule has 2 aromatic carbocycles. The molecule has 0 saturated heterocycles. The van der Waals surface area contributed by atoms with Gasteiger partial charge in [0.25, 0.3) is 10.0 Å². The van der Waals surface area contributed by atoms with Crippen LogP contribution in [0, 0.1) is 11.3 Å². The molecule has 0 aliphatic carbocycles.